The molecule has 9 heteroatoms. The topological polar surface area (TPSA) is 92.7 Å². The summed E-state index contributed by atoms with van der Waals surface area (Å²) < 4.78 is 33.4. The highest BCUT2D eigenvalue weighted by atomic mass is 32.2. The molecule has 0 N–H and O–H groups in total. The molecule has 4 rings (SSSR count). The van der Waals surface area contributed by atoms with Gasteiger partial charge in [-0.3, -0.25) is 9.78 Å². The molecule has 1 saturated heterocycles. The molecule has 2 aromatic rings. The molecule has 27 heavy (non-hydrogen) atoms. The Morgan fingerprint density at radius 3 is 2.74 bits per heavy atom. The lowest BCUT2D eigenvalue weighted by Crippen LogP contribution is -2.44. The van der Waals surface area contributed by atoms with Gasteiger partial charge in [-0.2, -0.15) is 4.31 Å². The smallest absolute Gasteiger partial charge is 0.274 e. The number of nitrogens with zero attached hydrogens (tertiary/aromatic N) is 4. The Hall–Kier alpha value is -2.52. The molecular weight excluding hydrogens is 368 g/mol. The lowest BCUT2D eigenvalue weighted by molar-refractivity contribution is 0.0749. The van der Waals surface area contributed by atoms with E-state index in [1.54, 1.807) is 36.2 Å². The van der Waals surface area contributed by atoms with Gasteiger partial charge in [0.15, 0.2) is 0 Å². The highest BCUT2D eigenvalue weighted by Crippen LogP contribution is 2.35. The van der Waals surface area contributed by atoms with Crippen molar-refractivity contribution >= 4 is 15.9 Å². The molecule has 1 fully saturated rings. The van der Waals surface area contributed by atoms with Crippen molar-refractivity contribution in [3.05, 3.63) is 48.5 Å². The number of benzene rings is 1. The third kappa shape index (κ3) is 3.17. The van der Waals surface area contributed by atoms with Crippen molar-refractivity contribution in [2.24, 2.45) is 0 Å². The number of ether oxygens (including phenoxy) is 1. The summed E-state index contributed by atoms with van der Waals surface area (Å²) in [5.74, 6) is 0.163. The third-order valence-corrected chi connectivity index (χ3v) is 7.05. The highest BCUT2D eigenvalue weighted by molar-refractivity contribution is 7.89. The Labute approximate surface area is 157 Å². The van der Waals surface area contributed by atoms with Gasteiger partial charge in [0.1, 0.15) is 22.4 Å². The molecule has 2 aliphatic heterocycles. The molecule has 3 heterocycles. The van der Waals surface area contributed by atoms with Gasteiger partial charge in [0, 0.05) is 39.0 Å². The summed E-state index contributed by atoms with van der Waals surface area (Å²) in [6.45, 7) is 0.892. The van der Waals surface area contributed by atoms with Crippen LogP contribution in [-0.2, 0) is 10.0 Å². The Kier molecular flexibility index (Phi) is 4.56. The predicted molar refractivity (Wildman–Crippen MR) is 96.8 cm³/mol. The van der Waals surface area contributed by atoms with Crippen molar-refractivity contribution < 1.29 is 17.9 Å². The van der Waals surface area contributed by atoms with Crippen LogP contribution in [-0.4, -0.2) is 65.8 Å². The first-order valence-corrected chi connectivity index (χ1v) is 10.2. The highest BCUT2D eigenvalue weighted by Gasteiger charge is 2.41. The van der Waals surface area contributed by atoms with E-state index in [1.165, 1.54) is 22.9 Å². The summed E-state index contributed by atoms with van der Waals surface area (Å²) in [6, 6.07) is 6.35. The molecule has 1 aromatic heterocycles. The Morgan fingerprint density at radius 2 is 1.96 bits per heavy atom. The van der Waals surface area contributed by atoms with E-state index in [9.17, 15) is 13.2 Å². The molecule has 0 saturated carbocycles. The molecular formula is C18H20N4O4S. The minimum atomic E-state index is -3.65. The van der Waals surface area contributed by atoms with Gasteiger partial charge in [0.05, 0.1) is 12.2 Å². The van der Waals surface area contributed by atoms with Gasteiger partial charge in [-0.25, -0.2) is 13.4 Å². The Morgan fingerprint density at radius 1 is 1.19 bits per heavy atom. The number of likely N-dealkylation sites (tertiary alicyclic amines) is 1. The fourth-order valence-electron chi connectivity index (χ4n) is 3.65. The largest absolute Gasteiger partial charge is 0.487 e. The van der Waals surface area contributed by atoms with E-state index < -0.39 is 10.0 Å². The van der Waals surface area contributed by atoms with E-state index in [0.29, 0.717) is 31.7 Å². The summed E-state index contributed by atoms with van der Waals surface area (Å²) in [4.78, 5) is 22.6. The molecule has 142 valence electrons. The van der Waals surface area contributed by atoms with Crippen LogP contribution < -0.4 is 4.74 Å². The van der Waals surface area contributed by atoms with Crippen molar-refractivity contribution in [1.29, 1.82) is 0 Å². The first-order chi connectivity index (χ1) is 13.0. The zero-order valence-corrected chi connectivity index (χ0v) is 15.7. The average Bonchev–Trinajstić information content (AvgIpc) is 2.93. The SMILES string of the molecule is CN1[C@H]2CCN(C(=O)c3cnccn3)CC[C@@H]2Oc2ccccc2S1(=O)=O. The van der Waals surface area contributed by atoms with Gasteiger partial charge in [-0.1, -0.05) is 12.1 Å². The van der Waals surface area contributed by atoms with Crippen LogP contribution >= 0.6 is 0 Å². The van der Waals surface area contributed by atoms with Crippen LogP contribution in [0.5, 0.6) is 5.75 Å². The van der Waals surface area contributed by atoms with Crippen molar-refractivity contribution in [1.82, 2.24) is 19.2 Å². The van der Waals surface area contributed by atoms with Crippen LogP contribution in [0.25, 0.3) is 0 Å². The van der Waals surface area contributed by atoms with Crippen molar-refractivity contribution in [2.75, 3.05) is 20.1 Å². The van der Waals surface area contributed by atoms with Gasteiger partial charge in [0.25, 0.3) is 5.91 Å². The van der Waals surface area contributed by atoms with E-state index in [-0.39, 0.29) is 28.6 Å². The third-order valence-electron chi connectivity index (χ3n) is 5.13. The number of fused-ring (bicyclic) bond motifs is 2. The second-order valence-electron chi connectivity index (χ2n) is 6.65. The van der Waals surface area contributed by atoms with Crippen LogP contribution in [0.3, 0.4) is 0 Å². The fourth-order valence-corrected chi connectivity index (χ4v) is 5.18. The number of amides is 1. The first kappa shape index (κ1) is 17.9. The number of sulfonamides is 1. The Balaban J connectivity index is 1.62. The lowest BCUT2D eigenvalue weighted by Gasteiger charge is -2.28. The molecule has 8 nitrogen and oxygen atoms in total. The summed E-state index contributed by atoms with van der Waals surface area (Å²) >= 11 is 0. The molecule has 1 amide bonds. The van der Waals surface area contributed by atoms with Crippen LogP contribution in [0.1, 0.15) is 23.3 Å². The maximum absolute atomic E-state index is 13.0. The van der Waals surface area contributed by atoms with E-state index in [2.05, 4.69) is 9.97 Å². The summed E-state index contributed by atoms with van der Waals surface area (Å²) in [5, 5.41) is 0. The first-order valence-electron chi connectivity index (χ1n) is 8.77. The quantitative estimate of drug-likeness (QED) is 0.728. The molecule has 2 aliphatic rings. The summed E-state index contributed by atoms with van der Waals surface area (Å²) in [6.07, 6.45) is 5.13. The number of aromatic nitrogens is 2. The number of hydrogen-bond acceptors (Lipinski definition) is 6. The molecule has 0 radical (unpaired) electrons. The summed E-state index contributed by atoms with van der Waals surface area (Å²) in [7, 11) is -2.07. The van der Waals surface area contributed by atoms with Gasteiger partial charge in [-0.15, -0.1) is 0 Å². The molecule has 2 atom stereocenters. The predicted octanol–water partition coefficient (Wildman–Crippen LogP) is 1.16. The second-order valence-corrected chi connectivity index (χ2v) is 8.62. The van der Waals surface area contributed by atoms with Crippen LogP contribution in [0.15, 0.2) is 47.8 Å². The van der Waals surface area contributed by atoms with Crippen molar-refractivity contribution in [3.63, 3.8) is 0 Å². The monoisotopic (exact) mass is 388 g/mol. The maximum Gasteiger partial charge on any atom is 0.274 e. The normalized spacial score (nSPS) is 24.7. The fraction of sp³-hybridized carbons (Fsp3) is 0.389. The molecule has 0 unspecified atom stereocenters. The van der Waals surface area contributed by atoms with Gasteiger partial charge >= 0.3 is 0 Å². The minimum Gasteiger partial charge on any atom is -0.487 e. The van der Waals surface area contributed by atoms with Crippen molar-refractivity contribution in [3.8, 4) is 5.75 Å². The number of carbonyl (C=O) groups is 1. The number of rotatable bonds is 1. The second kappa shape index (κ2) is 6.90. The Bertz CT molecular complexity index is 951. The standard InChI is InChI=1S/C18H20N4O4S/c1-21-14-6-10-22(18(23)13-12-19-8-9-20-13)11-7-15(14)26-16-4-2-3-5-17(16)27(21,24)25/h2-5,8-9,12,14-15H,6-7,10-11H2,1H3/t14-,15-/m0/s1. The van der Waals surface area contributed by atoms with Crippen molar-refractivity contribution in [2.45, 2.75) is 29.9 Å². The minimum absolute atomic E-state index is 0.188. The van der Waals surface area contributed by atoms with E-state index in [1.807, 2.05) is 0 Å². The average molecular weight is 388 g/mol. The molecule has 0 bridgehead atoms. The maximum atomic E-state index is 13.0. The molecule has 1 aromatic carbocycles. The number of carbonyl (C=O) groups excluding carboxylic acids is 1. The van der Waals surface area contributed by atoms with Crippen LogP contribution in [0, 0.1) is 0 Å². The molecule has 0 aliphatic carbocycles. The zero-order valence-electron chi connectivity index (χ0n) is 14.9. The van der Waals surface area contributed by atoms with E-state index in [0.717, 1.165) is 0 Å². The summed E-state index contributed by atoms with van der Waals surface area (Å²) in [5.41, 5.74) is 0.284. The molecule has 0 spiro atoms. The van der Waals surface area contributed by atoms with Gasteiger partial charge in [-0.05, 0) is 18.6 Å². The van der Waals surface area contributed by atoms with Gasteiger partial charge in [0.2, 0.25) is 10.0 Å². The number of hydrogen-bond donors (Lipinski definition) is 0. The van der Waals surface area contributed by atoms with Gasteiger partial charge < -0.3 is 9.64 Å². The van der Waals surface area contributed by atoms with Crippen LogP contribution in [0.4, 0.5) is 0 Å². The van der Waals surface area contributed by atoms with E-state index >= 15 is 0 Å². The zero-order chi connectivity index (χ0) is 19.0. The number of para-hydroxylation sites is 1. The van der Waals surface area contributed by atoms with Crippen LogP contribution in [0.2, 0.25) is 0 Å². The van der Waals surface area contributed by atoms with E-state index in [4.69, 9.17) is 4.74 Å². The number of likely N-dealkylation sites (N-methyl/N-ethyl adjacent to an activating group) is 1. The lowest BCUT2D eigenvalue weighted by atomic mass is 10.1.